The zero-order chi connectivity index (χ0) is 24.9. The lowest BCUT2D eigenvalue weighted by molar-refractivity contribution is -0.137. The highest BCUT2D eigenvalue weighted by Crippen LogP contribution is 2.38. The fourth-order valence-electron chi connectivity index (χ4n) is 2.44. The molecular weight excluding hydrogens is 537 g/mol. The average molecular weight is 545 g/mol. The van der Waals surface area contributed by atoms with Crippen LogP contribution in [-0.2, 0) is 26.2 Å². The third-order valence-corrected chi connectivity index (χ3v) is 7.73. The van der Waals surface area contributed by atoms with Crippen molar-refractivity contribution in [3.05, 3.63) is 39.6 Å². The molecule has 0 atom stereocenters. The number of benzene rings is 1. The maximum atomic E-state index is 12.9. The zero-order valence-corrected chi connectivity index (χ0v) is 18.3. The van der Waals surface area contributed by atoms with Gasteiger partial charge >= 0.3 is 12.4 Å². The molecule has 2 rings (SSSR count). The van der Waals surface area contributed by atoms with Gasteiger partial charge in [-0.05, 0) is 12.1 Å². The van der Waals surface area contributed by atoms with Crippen molar-refractivity contribution >= 4 is 48.9 Å². The number of nitrogens with zero attached hydrogens (tertiary/aromatic N) is 4. The van der Waals surface area contributed by atoms with Gasteiger partial charge in [-0.3, -0.25) is 0 Å². The van der Waals surface area contributed by atoms with Crippen LogP contribution < -0.4 is 3.71 Å². The maximum absolute atomic E-state index is 12.9. The quantitative estimate of drug-likeness (QED) is 0.530. The van der Waals surface area contributed by atoms with Crippen molar-refractivity contribution in [2.24, 2.45) is 0 Å². The lowest BCUT2D eigenvalue weighted by atomic mass is 10.2. The Hall–Kier alpha value is -2.22. The van der Waals surface area contributed by atoms with Crippen LogP contribution in [0.3, 0.4) is 0 Å². The lowest BCUT2D eigenvalue weighted by Gasteiger charge is -2.21. The molecular formula is C14H8Cl2F6N4O4S2. The van der Waals surface area contributed by atoms with E-state index in [0.717, 1.165) is 0 Å². The Kier molecular flexibility index (Phi) is 6.74. The van der Waals surface area contributed by atoms with E-state index in [2.05, 4.69) is 5.10 Å². The second kappa shape index (κ2) is 8.28. The molecule has 0 spiro atoms. The Labute approximate surface area is 186 Å². The van der Waals surface area contributed by atoms with Gasteiger partial charge in [-0.15, -0.1) is 0 Å². The molecule has 0 N–H and O–H groups in total. The van der Waals surface area contributed by atoms with E-state index in [0.29, 0.717) is 23.0 Å². The molecule has 0 aliphatic rings. The van der Waals surface area contributed by atoms with Crippen molar-refractivity contribution in [1.82, 2.24) is 9.78 Å². The van der Waals surface area contributed by atoms with Crippen LogP contribution in [0.25, 0.3) is 5.69 Å². The Morgan fingerprint density at radius 2 is 1.59 bits per heavy atom. The van der Waals surface area contributed by atoms with E-state index in [1.165, 1.54) is 6.07 Å². The fraction of sp³-hybridized carbons (Fsp3) is 0.286. The van der Waals surface area contributed by atoms with Gasteiger partial charge in [0.05, 0.1) is 28.1 Å². The summed E-state index contributed by atoms with van der Waals surface area (Å²) in [5.74, 6) is -2.59. The molecule has 0 radical (unpaired) electrons. The van der Waals surface area contributed by atoms with Crippen molar-refractivity contribution in [2.75, 3.05) is 15.7 Å². The van der Waals surface area contributed by atoms with Gasteiger partial charge in [0.15, 0.2) is 11.4 Å². The van der Waals surface area contributed by atoms with E-state index in [9.17, 15) is 48.4 Å². The third kappa shape index (κ3) is 5.57. The summed E-state index contributed by atoms with van der Waals surface area (Å²) in [6.07, 6.45) is -9.45. The predicted molar refractivity (Wildman–Crippen MR) is 100 cm³/mol. The first-order valence-corrected chi connectivity index (χ1v) is 11.9. The van der Waals surface area contributed by atoms with Crippen LogP contribution in [0, 0.1) is 11.3 Å². The monoisotopic (exact) mass is 544 g/mol. The molecule has 0 aliphatic heterocycles. The van der Waals surface area contributed by atoms with E-state index in [4.69, 9.17) is 23.2 Å². The molecule has 1 aromatic heterocycles. The molecule has 1 heterocycles. The van der Waals surface area contributed by atoms with Gasteiger partial charge in [0.1, 0.15) is 17.4 Å². The standard InChI is InChI=1S/C14H8Cl2F6N4O4S2/c1-31(27,28)26(32(29,30)6-13(17,18)19)11-5-25(24-10(11)4-23)12-8(15)2-7(3-9(12)16)14(20,21)22/h2-3,5H,6H2,1H3. The summed E-state index contributed by atoms with van der Waals surface area (Å²) in [7, 11) is -10.6. The number of halogens is 8. The maximum Gasteiger partial charge on any atom is 0.416 e. The molecule has 32 heavy (non-hydrogen) atoms. The minimum absolute atomic E-state index is 0.261. The first kappa shape index (κ1) is 26.0. The number of nitriles is 1. The van der Waals surface area contributed by atoms with Gasteiger partial charge < -0.3 is 0 Å². The Bertz CT molecular complexity index is 1290. The van der Waals surface area contributed by atoms with Crippen molar-refractivity contribution in [3.8, 4) is 11.8 Å². The van der Waals surface area contributed by atoms with Gasteiger partial charge in [-0.25, -0.2) is 21.5 Å². The number of anilines is 1. The first-order valence-electron chi connectivity index (χ1n) is 7.64. The van der Waals surface area contributed by atoms with Crippen molar-refractivity contribution in [2.45, 2.75) is 12.4 Å². The second-order valence-corrected chi connectivity index (χ2v) is 10.7. The fourth-order valence-corrected chi connectivity index (χ4v) is 6.36. The molecule has 2 aromatic rings. The number of hydrogen-bond donors (Lipinski definition) is 0. The Morgan fingerprint density at radius 1 is 1.09 bits per heavy atom. The molecule has 0 saturated carbocycles. The molecule has 0 amide bonds. The molecule has 0 unspecified atom stereocenters. The summed E-state index contributed by atoms with van der Waals surface area (Å²) in [5.41, 5.74) is -3.90. The second-order valence-electron chi connectivity index (χ2n) is 6.04. The highest BCUT2D eigenvalue weighted by atomic mass is 35.5. The summed E-state index contributed by atoms with van der Waals surface area (Å²) >= 11 is 11.6. The summed E-state index contributed by atoms with van der Waals surface area (Å²) < 4.78 is 125. The van der Waals surface area contributed by atoms with E-state index in [1.807, 2.05) is 0 Å². The topological polar surface area (TPSA) is 113 Å². The molecule has 176 valence electrons. The van der Waals surface area contributed by atoms with E-state index in [1.54, 1.807) is 0 Å². The summed E-state index contributed by atoms with van der Waals surface area (Å²) in [6, 6.07) is 2.14. The molecule has 8 nitrogen and oxygen atoms in total. The van der Waals surface area contributed by atoms with Gasteiger partial charge in [0.25, 0.3) is 10.0 Å². The minimum atomic E-state index is -5.64. The summed E-state index contributed by atoms with van der Waals surface area (Å²) in [4.78, 5) is 0. The van der Waals surface area contributed by atoms with Crippen molar-refractivity contribution in [1.29, 1.82) is 5.26 Å². The van der Waals surface area contributed by atoms with Crippen LogP contribution in [0.5, 0.6) is 0 Å². The Balaban J connectivity index is 2.78. The SMILES string of the molecule is CS(=O)(=O)N(c1cn(-c2c(Cl)cc(C(F)(F)F)cc2Cl)nc1C#N)S(=O)(=O)CC(F)(F)F. The van der Waals surface area contributed by atoms with Gasteiger partial charge in [0.2, 0.25) is 10.0 Å². The highest BCUT2D eigenvalue weighted by Gasteiger charge is 2.43. The predicted octanol–water partition coefficient (Wildman–Crippen LogP) is 3.73. The van der Waals surface area contributed by atoms with Crippen LogP contribution in [0.2, 0.25) is 10.0 Å². The molecule has 0 fully saturated rings. The molecule has 0 aliphatic carbocycles. The largest absolute Gasteiger partial charge is 0.416 e. The number of sulfonamides is 2. The van der Waals surface area contributed by atoms with Crippen LogP contribution >= 0.6 is 23.2 Å². The number of rotatable bonds is 5. The Morgan fingerprint density at radius 3 is 1.97 bits per heavy atom. The van der Waals surface area contributed by atoms with E-state index in [-0.39, 0.29) is 6.26 Å². The summed E-state index contributed by atoms with van der Waals surface area (Å²) in [5, 5.41) is 11.3. The van der Waals surface area contributed by atoms with Gasteiger partial charge in [-0.1, -0.05) is 23.2 Å². The number of hydrogen-bond acceptors (Lipinski definition) is 6. The third-order valence-electron chi connectivity index (χ3n) is 3.47. The van der Waals surface area contributed by atoms with Crippen molar-refractivity contribution in [3.63, 3.8) is 0 Å². The average Bonchev–Trinajstić information content (AvgIpc) is 2.92. The molecule has 0 saturated heterocycles. The smallest absolute Gasteiger partial charge is 0.234 e. The lowest BCUT2D eigenvalue weighted by Crippen LogP contribution is -2.41. The molecule has 1 aromatic carbocycles. The van der Waals surface area contributed by atoms with E-state index < -0.39 is 74.5 Å². The number of aromatic nitrogens is 2. The van der Waals surface area contributed by atoms with Crippen LogP contribution in [0.15, 0.2) is 18.3 Å². The van der Waals surface area contributed by atoms with Crippen LogP contribution in [0.4, 0.5) is 32.0 Å². The summed E-state index contributed by atoms with van der Waals surface area (Å²) in [6.45, 7) is 0. The zero-order valence-electron chi connectivity index (χ0n) is 15.2. The molecule has 18 heteroatoms. The van der Waals surface area contributed by atoms with Crippen LogP contribution in [-0.4, -0.2) is 44.8 Å². The normalized spacial score (nSPS) is 13.1. The minimum Gasteiger partial charge on any atom is -0.234 e. The van der Waals surface area contributed by atoms with Gasteiger partial charge in [-0.2, -0.15) is 40.4 Å². The first-order chi connectivity index (χ1) is 14.3. The molecule has 0 bridgehead atoms. The van der Waals surface area contributed by atoms with E-state index >= 15 is 0 Å². The number of alkyl halides is 6. The van der Waals surface area contributed by atoms with Gasteiger partial charge in [0, 0.05) is 0 Å². The highest BCUT2D eigenvalue weighted by molar-refractivity contribution is 8.09. The van der Waals surface area contributed by atoms with Crippen LogP contribution in [0.1, 0.15) is 11.3 Å². The van der Waals surface area contributed by atoms with Crippen molar-refractivity contribution < 1.29 is 43.2 Å².